The number of piperidine rings is 1. The van der Waals surface area contributed by atoms with Crippen LogP contribution in [0.2, 0.25) is 0 Å². The van der Waals surface area contributed by atoms with Gasteiger partial charge in [-0.05, 0) is 30.5 Å². The van der Waals surface area contributed by atoms with Gasteiger partial charge < -0.3 is 10.0 Å². The van der Waals surface area contributed by atoms with Gasteiger partial charge in [0, 0.05) is 5.56 Å². The SMILES string of the molecule is C.C[NH+]1CCCC(n2c(=O)c3ccccc3n(Cc3ccc(C(=O)CO)cc3)c2=O)C1. The van der Waals surface area contributed by atoms with Crippen molar-refractivity contribution in [1.29, 1.82) is 0 Å². The monoisotopic (exact) mass is 424 g/mol. The quantitative estimate of drug-likeness (QED) is 0.596. The van der Waals surface area contributed by atoms with E-state index in [2.05, 4.69) is 7.05 Å². The van der Waals surface area contributed by atoms with Crippen molar-refractivity contribution in [3.63, 3.8) is 0 Å². The van der Waals surface area contributed by atoms with Crippen LogP contribution in [-0.4, -0.2) is 46.8 Å². The van der Waals surface area contributed by atoms with Gasteiger partial charge in [-0.3, -0.25) is 18.7 Å². The second kappa shape index (κ2) is 9.41. The third kappa shape index (κ3) is 4.38. The van der Waals surface area contributed by atoms with Gasteiger partial charge in [-0.1, -0.05) is 43.8 Å². The number of hydrogen-bond donors (Lipinski definition) is 2. The molecule has 7 heteroatoms. The fourth-order valence-corrected chi connectivity index (χ4v) is 4.35. The van der Waals surface area contributed by atoms with Crippen LogP contribution in [0.15, 0.2) is 58.1 Å². The van der Waals surface area contributed by atoms with Crippen molar-refractivity contribution < 1.29 is 14.8 Å². The maximum Gasteiger partial charge on any atom is 0.332 e. The summed E-state index contributed by atoms with van der Waals surface area (Å²) in [5.41, 5.74) is 1.35. The number of likely N-dealkylation sites (N-methyl/N-ethyl adjacent to an activating group) is 1. The van der Waals surface area contributed by atoms with Gasteiger partial charge in [0.2, 0.25) is 0 Å². The number of para-hydroxylation sites is 1. The number of rotatable bonds is 5. The van der Waals surface area contributed by atoms with Crippen LogP contribution in [0, 0.1) is 0 Å². The van der Waals surface area contributed by atoms with Crippen molar-refractivity contribution in [1.82, 2.24) is 9.13 Å². The zero-order chi connectivity index (χ0) is 21.3. The van der Waals surface area contributed by atoms with E-state index in [0.29, 0.717) is 23.0 Å². The van der Waals surface area contributed by atoms with Gasteiger partial charge in [0.15, 0.2) is 5.78 Å². The first kappa shape index (κ1) is 22.7. The molecule has 1 fully saturated rings. The fourth-order valence-electron chi connectivity index (χ4n) is 4.35. The molecule has 2 heterocycles. The van der Waals surface area contributed by atoms with Crippen LogP contribution in [-0.2, 0) is 6.54 Å². The van der Waals surface area contributed by atoms with Crippen LogP contribution in [0.1, 0.15) is 42.2 Å². The van der Waals surface area contributed by atoms with E-state index in [0.717, 1.165) is 31.5 Å². The van der Waals surface area contributed by atoms with Gasteiger partial charge >= 0.3 is 5.69 Å². The second-order valence-electron chi connectivity index (χ2n) is 8.05. The molecule has 0 radical (unpaired) electrons. The third-order valence-corrected chi connectivity index (χ3v) is 5.93. The van der Waals surface area contributed by atoms with Gasteiger partial charge in [0.25, 0.3) is 5.56 Å². The number of benzene rings is 2. The molecule has 164 valence electrons. The smallest absolute Gasteiger partial charge is 0.332 e. The van der Waals surface area contributed by atoms with Crippen LogP contribution < -0.4 is 16.1 Å². The Morgan fingerprint density at radius 3 is 2.52 bits per heavy atom. The normalized spacial score (nSPS) is 18.5. The molecule has 2 atom stereocenters. The first-order chi connectivity index (χ1) is 14.5. The van der Waals surface area contributed by atoms with Crippen molar-refractivity contribution >= 4 is 16.7 Å². The predicted octanol–water partition coefficient (Wildman–Crippen LogP) is 0.872. The summed E-state index contributed by atoms with van der Waals surface area (Å²) in [5.74, 6) is -0.346. The van der Waals surface area contributed by atoms with Crippen molar-refractivity contribution in [2.45, 2.75) is 32.9 Å². The Labute approximate surface area is 181 Å². The number of ketones is 1. The maximum atomic E-state index is 13.5. The van der Waals surface area contributed by atoms with Crippen LogP contribution in [0.25, 0.3) is 10.9 Å². The third-order valence-electron chi connectivity index (χ3n) is 5.93. The summed E-state index contributed by atoms with van der Waals surface area (Å²) in [6.07, 6.45) is 1.80. The highest BCUT2D eigenvalue weighted by molar-refractivity contribution is 5.96. The number of nitrogens with one attached hydrogen (secondary N) is 1. The van der Waals surface area contributed by atoms with Crippen LogP contribution in [0.4, 0.5) is 0 Å². The lowest BCUT2D eigenvalue weighted by Crippen LogP contribution is -3.10. The number of carbonyl (C=O) groups excluding carboxylic acids is 1. The number of quaternary nitrogens is 1. The average Bonchev–Trinajstić information content (AvgIpc) is 2.77. The summed E-state index contributed by atoms with van der Waals surface area (Å²) in [5, 5.41) is 9.55. The maximum absolute atomic E-state index is 13.5. The molecule has 1 saturated heterocycles. The number of Topliss-reactive ketones (excluding diaryl/α,β-unsaturated/α-hetero) is 1. The van der Waals surface area contributed by atoms with E-state index in [1.54, 1.807) is 41.0 Å². The number of nitrogens with zero attached hydrogens (tertiary/aromatic N) is 2. The topological polar surface area (TPSA) is 85.7 Å². The Hall–Kier alpha value is -3.03. The molecule has 0 bridgehead atoms. The number of aromatic nitrogens is 2. The molecular weight excluding hydrogens is 394 g/mol. The minimum atomic E-state index is -0.535. The molecule has 4 rings (SSSR count). The Morgan fingerprint density at radius 2 is 1.84 bits per heavy atom. The molecule has 2 unspecified atom stereocenters. The van der Waals surface area contributed by atoms with Gasteiger partial charge in [0.1, 0.15) is 6.61 Å². The van der Waals surface area contributed by atoms with Gasteiger partial charge in [-0.15, -0.1) is 0 Å². The Balaban J connectivity index is 0.00000272. The summed E-state index contributed by atoms with van der Waals surface area (Å²) >= 11 is 0. The number of fused-ring (bicyclic) bond motifs is 1. The van der Waals surface area contributed by atoms with Gasteiger partial charge in [0.05, 0.1) is 43.6 Å². The summed E-state index contributed by atoms with van der Waals surface area (Å²) in [6.45, 7) is 1.56. The highest BCUT2D eigenvalue weighted by atomic mass is 16.3. The van der Waals surface area contributed by atoms with Crippen molar-refractivity contribution in [2.24, 2.45) is 0 Å². The summed E-state index contributed by atoms with van der Waals surface area (Å²) in [6, 6.07) is 13.9. The van der Waals surface area contributed by atoms with Gasteiger partial charge in [-0.25, -0.2) is 4.79 Å². The fraction of sp³-hybridized carbons (Fsp3) is 0.375. The van der Waals surface area contributed by atoms with Crippen molar-refractivity contribution in [2.75, 3.05) is 26.7 Å². The molecule has 7 nitrogen and oxygen atoms in total. The molecule has 1 aromatic heterocycles. The Bertz CT molecular complexity index is 1190. The van der Waals surface area contributed by atoms with E-state index in [-0.39, 0.29) is 30.5 Å². The molecule has 0 spiro atoms. The van der Waals surface area contributed by atoms with Crippen molar-refractivity contribution in [3.8, 4) is 0 Å². The lowest BCUT2D eigenvalue weighted by molar-refractivity contribution is -0.887. The zero-order valence-corrected chi connectivity index (χ0v) is 17.0. The van der Waals surface area contributed by atoms with E-state index >= 15 is 0 Å². The summed E-state index contributed by atoms with van der Waals surface area (Å²) in [7, 11) is 2.09. The minimum absolute atomic E-state index is 0. The van der Waals surface area contributed by atoms with E-state index in [1.165, 1.54) is 9.47 Å². The van der Waals surface area contributed by atoms with Crippen LogP contribution in [0.3, 0.4) is 0 Å². The van der Waals surface area contributed by atoms with Crippen molar-refractivity contribution in [3.05, 3.63) is 80.5 Å². The molecular formula is C24H30N3O4+. The molecule has 31 heavy (non-hydrogen) atoms. The highest BCUT2D eigenvalue weighted by Gasteiger charge is 2.26. The van der Waals surface area contributed by atoms with E-state index in [1.807, 2.05) is 12.1 Å². The van der Waals surface area contributed by atoms with E-state index < -0.39 is 6.61 Å². The van der Waals surface area contributed by atoms with Crippen LogP contribution in [0.5, 0.6) is 0 Å². The van der Waals surface area contributed by atoms with Crippen LogP contribution >= 0.6 is 0 Å². The first-order valence-corrected chi connectivity index (χ1v) is 10.3. The molecule has 1 aliphatic heterocycles. The summed E-state index contributed by atoms with van der Waals surface area (Å²) in [4.78, 5) is 39.6. The molecule has 0 amide bonds. The number of likely N-dealkylation sites (tertiary alicyclic amines) is 1. The summed E-state index contributed by atoms with van der Waals surface area (Å²) < 4.78 is 3.08. The lowest BCUT2D eigenvalue weighted by atomic mass is 10.1. The minimum Gasteiger partial charge on any atom is -0.388 e. The van der Waals surface area contributed by atoms with E-state index in [9.17, 15) is 14.4 Å². The largest absolute Gasteiger partial charge is 0.388 e. The number of aliphatic hydroxyl groups excluding tert-OH is 1. The molecule has 1 aliphatic rings. The molecule has 3 aromatic rings. The molecule has 2 N–H and O–H groups in total. The highest BCUT2D eigenvalue weighted by Crippen LogP contribution is 2.15. The number of aliphatic hydroxyl groups is 1. The number of hydrogen-bond acceptors (Lipinski definition) is 4. The first-order valence-electron chi connectivity index (χ1n) is 10.3. The predicted molar refractivity (Wildman–Crippen MR) is 121 cm³/mol. The van der Waals surface area contributed by atoms with E-state index in [4.69, 9.17) is 5.11 Å². The Kier molecular flexibility index (Phi) is 6.87. The zero-order valence-electron chi connectivity index (χ0n) is 17.0. The molecule has 0 aliphatic carbocycles. The standard InChI is InChI=1S/C23H25N3O4.CH4/c1-24-12-4-5-18(14-24)26-22(29)19-6-2-3-7-20(19)25(23(26)30)13-16-8-10-17(11-9-16)21(28)15-27;/h2-3,6-11,18,27H,4-5,12-15H2,1H3;1H4/p+1. The van der Waals surface area contributed by atoms with Gasteiger partial charge in [-0.2, -0.15) is 0 Å². The number of carbonyl (C=O) groups is 1. The molecule has 2 aromatic carbocycles. The Morgan fingerprint density at radius 1 is 1.13 bits per heavy atom. The molecule has 0 saturated carbocycles. The average molecular weight is 425 g/mol. The lowest BCUT2D eigenvalue weighted by Gasteiger charge is -2.28. The second-order valence-corrected chi connectivity index (χ2v) is 8.05.